The minimum atomic E-state index is -1.02. The number of carbonyl (C=O) groups excluding carboxylic acids is 3. The molecule has 0 aromatic rings. The molecule has 40 heavy (non-hydrogen) atoms. The van der Waals surface area contributed by atoms with E-state index in [1.54, 1.807) is 12.2 Å². The van der Waals surface area contributed by atoms with Crippen LogP contribution in [0.5, 0.6) is 0 Å². The Labute approximate surface area is 242 Å². The van der Waals surface area contributed by atoms with E-state index in [1.807, 2.05) is 24.3 Å². The Morgan fingerprint density at radius 3 is 2.12 bits per heavy atom. The van der Waals surface area contributed by atoms with Crippen LogP contribution >= 0.6 is 0 Å². The van der Waals surface area contributed by atoms with E-state index in [4.69, 9.17) is 9.47 Å². The van der Waals surface area contributed by atoms with Crippen LogP contribution < -0.4 is 0 Å². The van der Waals surface area contributed by atoms with Gasteiger partial charge in [0.2, 0.25) is 0 Å². The zero-order valence-corrected chi connectivity index (χ0v) is 24.9. The molecule has 0 bridgehead atoms. The lowest BCUT2D eigenvalue weighted by atomic mass is 9.90. The first-order chi connectivity index (χ1) is 19.4. The Hall–Kier alpha value is -2.25. The summed E-state index contributed by atoms with van der Waals surface area (Å²) in [5.74, 6) is -0.798. The molecule has 0 aromatic carbocycles. The molecule has 1 rings (SSSR count). The van der Waals surface area contributed by atoms with E-state index >= 15 is 0 Å². The topological polar surface area (TPSA) is 110 Å². The first-order valence-corrected chi connectivity index (χ1v) is 15.6. The third-order valence-corrected chi connectivity index (χ3v) is 7.13. The first kappa shape index (κ1) is 35.8. The van der Waals surface area contributed by atoms with Gasteiger partial charge >= 0.3 is 11.9 Å². The molecule has 2 N–H and O–H groups in total. The zero-order chi connectivity index (χ0) is 29.4. The van der Waals surface area contributed by atoms with Gasteiger partial charge in [-0.2, -0.15) is 0 Å². The number of esters is 2. The van der Waals surface area contributed by atoms with Gasteiger partial charge in [-0.15, -0.1) is 0 Å². The lowest BCUT2D eigenvalue weighted by Crippen LogP contribution is -2.25. The monoisotopic (exact) mass is 562 g/mol. The predicted molar refractivity (Wildman–Crippen MR) is 159 cm³/mol. The van der Waals surface area contributed by atoms with Crippen LogP contribution in [-0.4, -0.2) is 53.4 Å². The number of unbranched alkanes of at least 4 members (excludes halogenated alkanes) is 9. The summed E-state index contributed by atoms with van der Waals surface area (Å²) >= 11 is 0. The van der Waals surface area contributed by atoms with Crippen LogP contribution in [0.15, 0.2) is 36.5 Å². The van der Waals surface area contributed by atoms with Crippen LogP contribution in [0.25, 0.3) is 0 Å². The Bertz CT molecular complexity index is 786. The molecule has 0 saturated heterocycles. The highest BCUT2D eigenvalue weighted by molar-refractivity contribution is 5.95. The fourth-order valence-corrected chi connectivity index (χ4v) is 4.60. The van der Waals surface area contributed by atoms with Gasteiger partial charge in [0.15, 0.2) is 5.78 Å². The molecule has 0 radical (unpaired) electrons. The number of ether oxygens (including phenoxy) is 2. The molecule has 1 aliphatic rings. The highest BCUT2D eigenvalue weighted by Gasteiger charge is 2.26. The number of allylic oxidation sites excluding steroid dienone is 5. The first-order valence-electron chi connectivity index (χ1n) is 15.6. The lowest BCUT2D eigenvalue weighted by molar-refractivity contribution is -0.152. The van der Waals surface area contributed by atoms with Crippen LogP contribution in [0.3, 0.4) is 0 Å². The SMILES string of the molecule is CCCCCCCCCC(=O)OC[C@H](O)COC(=O)CCC/C=C\C[C@H]1C=CC(=O)[C@@H]1/C=C/[C@@H](O)CCCCC. The van der Waals surface area contributed by atoms with Crippen molar-refractivity contribution in [1.29, 1.82) is 0 Å². The molecule has 0 fully saturated rings. The summed E-state index contributed by atoms with van der Waals surface area (Å²) in [6.45, 7) is 3.95. The van der Waals surface area contributed by atoms with Crippen molar-refractivity contribution in [3.05, 3.63) is 36.5 Å². The van der Waals surface area contributed by atoms with Crippen LogP contribution in [0.4, 0.5) is 0 Å². The molecule has 0 spiro atoms. The molecular weight excluding hydrogens is 508 g/mol. The maximum atomic E-state index is 12.2. The van der Waals surface area contributed by atoms with E-state index in [1.165, 1.54) is 25.7 Å². The molecule has 7 heteroatoms. The average Bonchev–Trinajstić information content (AvgIpc) is 3.29. The second-order valence-corrected chi connectivity index (χ2v) is 10.9. The molecule has 0 unspecified atom stereocenters. The summed E-state index contributed by atoms with van der Waals surface area (Å²) in [6, 6.07) is 0. The fourth-order valence-electron chi connectivity index (χ4n) is 4.60. The molecule has 4 atom stereocenters. The van der Waals surface area contributed by atoms with Gasteiger partial charge in [-0.1, -0.05) is 102 Å². The second-order valence-electron chi connectivity index (χ2n) is 10.9. The van der Waals surface area contributed by atoms with Gasteiger partial charge in [0.05, 0.1) is 6.10 Å². The molecule has 0 amide bonds. The number of aliphatic hydroxyl groups excluding tert-OH is 2. The minimum absolute atomic E-state index is 0.0725. The van der Waals surface area contributed by atoms with Crippen LogP contribution in [0.2, 0.25) is 0 Å². The van der Waals surface area contributed by atoms with Gasteiger partial charge in [0.25, 0.3) is 0 Å². The normalized spacial score (nSPS) is 18.6. The van der Waals surface area contributed by atoms with Crippen LogP contribution in [0.1, 0.15) is 117 Å². The Kier molecular flexibility index (Phi) is 21.0. The van der Waals surface area contributed by atoms with Gasteiger partial charge in [-0.05, 0) is 44.1 Å². The summed E-state index contributed by atoms with van der Waals surface area (Å²) in [4.78, 5) is 35.9. The standard InChI is InChI=1S/C33H54O7/c1-3-5-7-8-9-10-15-19-32(37)39-25-29(35)26-40-33(38)20-16-12-11-14-17-27-21-24-31(36)30(27)23-22-28(34)18-13-6-4-2/h11,14,21-24,27-30,34-35H,3-10,12-13,15-20,25-26H2,1-2H3/b14-11-,23-22+/t27-,28-,29-,30+/m0/s1. The Morgan fingerprint density at radius 1 is 0.850 bits per heavy atom. The van der Waals surface area contributed by atoms with Crippen LogP contribution in [0, 0.1) is 11.8 Å². The maximum Gasteiger partial charge on any atom is 0.305 e. The van der Waals surface area contributed by atoms with Crippen molar-refractivity contribution >= 4 is 17.7 Å². The van der Waals surface area contributed by atoms with Gasteiger partial charge in [0, 0.05) is 18.8 Å². The summed E-state index contributed by atoms with van der Waals surface area (Å²) < 4.78 is 10.2. The third-order valence-electron chi connectivity index (χ3n) is 7.13. The summed E-state index contributed by atoms with van der Waals surface area (Å²) in [5.41, 5.74) is 0. The highest BCUT2D eigenvalue weighted by atomic mass is 16.6. The minimum Gasteiger partial charge on any atom is -0.463 e. The molecule has 0 heterocycles. The summed E-state index contributed by atoms with van der Waals surface area (Å²) in [7, 11) is 0. The third kappa shape index (κ3) is 18.2. The van der Waals surface area contributed by atoms with Gasteiger partial charge in [0.1, 0.15) is 19.3 Å². The number of hydrogen-bond acceptors (Lipinski definition) is 7. The van der Waals surface area contributed by atoms with E-state index in [2.05, 4.69) is 13.8 Å². The van der Waals surface area contributed by atoms with Crippen molar-refractivity contribution in [2.45, 2.75) is 129 Å². The number of aliphatic hydroxyl groups is 2. The summed E-state index contributed by atoms with van der Waals surface area (Å²) in [5, 5.41) is 20.0. The van der Waals surface area contributed by atoms with Crippen molar-refractivity contribution in [3.8, 4) is 0 Å². The van der Waals surface area contributed by atoms with E-state index in [0.29, 0.717) is 19.3 Å². The maximum absolute atomic E-state index is 12.2. The van der Waals surface area contributed by atoms with Crippen molar-refractivity contribution in [3.63, 3.8) is 0 Å². The van der Waals surface area contributed by atoms with E-state index < -0.39 is 18.2 Å². The van der Waals surface area contributed by atoms with E-state index in [-0.39, 0.29) is 43.2 Å². The fraction of sp³-hybridized carbons (Fsp3) is 0.727. The summed E-state index contributed by atoms with van der Waals surface area (Å²) in [6.07, 6.45) is 24.0. The molecule has 1 aliphatic carbocycles. The molecule has 228 valence electrons. The van der Waals surface area contributed by atoms with Gasteiger partial charge < -0.3 is 19.7 Å². The molecule has 0 saturated carbocycles. The second kappa shape index (κ2) is 23.5. The molecule has 0 aromatic heterocycles. The van der Waals surface area contributed by atoms with Crippen molar-refractivity contribution in [2.75, 3.05) is 13.2 Å². The van der Waals surface area contributed by atoms with Gasteiger partial charge in [-0.25, -0.2) is 0 Å². The van der Waals surface area contributed by atoms with Crippen molar-refractivity contribution in [1.82, 2.24) is 0 Å². The van der Waals surface area contributed by atoms with Crippen molar-refractivity contribution < 1.29 is 34.1 Å². The molecular formula is C33H54O7. The zero-order valence-electron chi connectivity index (χ0n) is 24.9. The number of rotatable bonds is 24. The lowest BCUT2D eigenvalue weighted by Gasteiger charge is -2.13. The number of hydrogen-bond donors (Lipinski definition) is 2. The smallest absolute Gasteiger partial charge is 0.305 e. The van der Waals surface area contributed by atoms with Crippen molar-refractivity contribution in [2.24, 2.45) is 11.8 Å². The molecule has 0 aliphatic heterocycles. The average molecular weight is 563 g/mol. The number of carbonyl (C=O) groups is 3. The largest absolute Gasteiger partial charge is 0.463 e. The van der Waals surface area contributed by atoms with Crippen LogP contribution in [-0.2, 0) is 23.9 Å². The van der Waals surface area contributed by atoms with E-state index in [9.17, 15) is 24.6 Å². The number of ketones is 1. The predicted octanol–water partition coefficient (Wildman–Crippen LogP) is 6.56. The Morgan fingerprint density at radius 2 is 1.45 bits per heavy atom. The molecule has 7 nitrogen and oxygen atoms in total. The van der Waals surface area contributed by atoms with E-state index in [0.717, 1.165) is 51.4 Å². The van der Waals surface area contributed by atoms with Gasteiger partial charge in [-0.3, -0.25) is 14.4 Å². The quantitative estimate of drug-likeness (QED) is 0.0779. The Balaban J connectivity index is 2.12. The highest BCUT2D eigenvalue weighted by Crippen LogP contribution is 2.27.